The molecule has 0 fully saturated rings. The van der Waals surface area contributed by atoms with E-state index in [-0.39, 0.29) is 0 Å². The second-order valence-corrected chi connectivity index (χ2v) is 12.4. The van der Waals surface area contributed by atoms with E-state index >= 15 is 0 Å². The highest BCUT2D eigenvalue weighted by atomic mass is 16.5. The van der Waals surface area contributed by atoms with Crippen LogP contribution in [0, 0.1) is 0 Å². The van der Waals surface area contributed by atoms with Crippen LogP contribution in [0.3, 0.4) is 0 Å². The van der Waals surface area contributed by atoms with E-state index in [0.717, 1.165) is 85.7 Å². The molecule has 0 aliphatic carbocycles. The number of hydrogen-bond acceptors (Lipinski definition) is 10. The summed E-state index contributed by atoms with van der Waals surface area (Å²) in [6.07, 6.45) is 7.14. The largest absolute Gasteiger partial charge is 0.497 e. The highest BCUT2D eigenvalue weighted by molar-refractivity contribution is 5.34. The van der Waals surface area contributed by atoms with Gasteiger partial charge in [0, 0.05) is 118 Å². The van der Waals surface area contributed by atoms with Gasteiger partial charge in [-0.05, 0) is 64.2 Å². The predicted octanol–water partition coefficient (Wildman–Crippen LogP) is 5.94. The van der Waals surface area contributed by atoms with E-state index in [1.165, 1.54) is 0 Å². The Hall–Kier alpha value is -5.25. The molecular weight excluding hydrogens is 630 g/mol. The molecule has 260 valence electrons. The minimum absolute atomic E-state index is 0.714. The number of hydrogen-bond donors (Lipinski definition) is 0. The average Bonchev–Trinajstić information content (AvgIpc) is 3.16. The van der Waals surface area contributed by atoms with Crippen LogP contribution in [0.4, 0.5) is 0 Å². The molecule has 6 rings (SSSR count). The Morgan fingerprint density at radius 2 is 0.380 bits per heavy atom. The number of methoxy groups -OCH3 is 5. The fourth-order valence-electron chi connectivity index (χ4n) is 6.25. The van der Waals surface area contributed by atoms with Gasteiger partial charge in [0.1, 0.15) is 28.7 Å². The van der Waals surface area contributed by atoms with E-state index in [1.807, 2.05) is 60.7 Å². The lowest BCUT2D eigenvalue weighted by atomic mass is 10.1. The van der Waals surface area contributed by atoms with Gasteiger partial charge in [0.15, 0.2) is 0 Å². The van der Waals surface area contributed by atoms with Crippen molar-refractivity contribution < 1.29 is 23.7 Å². The normalized spacial score (nSPS) is 13.7. The van der Waals surface area contributed by atoms with Gasteiger partial charge in [-0.25, -0.2) is 0 Å². The molecule has 1 aliphatic heterocycles. The Bertz CT molecular complexity index is 1500. The van der Waals surface area contributed by atoms with Crippen LogP contribution in [-0.4, -0.2) is 60.5 Å². The lowest BCUT2D eigenvalue weighted by molar-refractivity contribution is 0.411. The van der Waals surface area contributed by atoms with Crippen molar-refractivity contribution in [3.8, 4) is 28.7 Å². The van der Waals surface area contributed by atoms with Gasteiger partial charge >= 0.3 is 0 Å². The first-order valence-corrected chi connectivity index (χ1v) is 17.1. The first-order chi connectivity index (χ1) is 24.4. The number of pyridine rings is 5. The minimum Gasteiger partial charge on any atom is -0.497 e. The molecule has 10 bridgehead atoms. The topological polar surface area (TPSA) is 111 Å². The van der Waals surface area contributed by atoms with Gasteiger partial charge in [-0.2, -0.15) is 0 Å². The molecule has 5 aromatic heterocycles. The Morgan fingerprint density at radius 1 is 0.260 bits per heavy atom. The second kappa shape index (κ2) is 16.4. The lowest BCUT2D eigenvalue weighted by Gasteiger charge is -2.11. The Kier molecular flexibility index (Phi) is 11.4. The van der Waals surface area contributed by atoms with Gasteiger partial charge in [-0.1, -0.05) is 0 Å². The van der Waals surface area contributed by atoms with E-state index in [9.17, 15) is 0 Å². The van der Waals surface area contributed by atoms with Gasteiger partial charge in [0.2, 0.25) is 0 Å². The number of aryl methyl sites for hydroxylation is 10. The molecule has 0 unspecified atom stereocenters. The summed E-state index contributed by atoms with van der Waals surface area (Å²) in [5.41, 5.74) is 9.52. The predicted molar refractivity (Wildman–Crippen MR) is 191 cm³/mol. The average molecular weight is 676 g/mol. The molecule has 0 amide bonds. The SMILES string of the molecule is COc1cc2nc(c1)CCc1cc(OC)cc(n1)CCc1cc(OC)cc(n1)CCc1cc(OC)cc(n1)CCc1cc(OC)cc(n1)CC2. The molecule has 50 heavy (non-hydrogen) atoms. The molecule has 0 spiro atoms. The molecule has 10 nitrogen and oxygen atoms in total. The Balaban J connectivity index is 1.35. The van der Waals surface area contributed by atoms with Crippen LogP contribution in [-0.2, 0) is 64.2 Å². The van der Waals surface area contributed by atoms with Crippen molar-refractivity contribution in [2.75, 3.05) is 35.5 Å². The van der Waals surface area contributed by atoms with Crippen LogP contribution in [0.2, 0.25) is 0 Å². The fourth-order valence-corrected chi connectivity index (χ4v) is 6.25. The number of rotatable bonds is 5. The second-order valence-electron chi connectivity index (χ2n) is 12.4. The Morgan fingerprint density at radius 3 is 0.480 bits per heavy atom. The minimum atomic E-state index is 0.714. The number of ether oxygens (including phenoxy) is 5. The van der Waals surface area contributed by atoms with Crippen molar-refractivity contribution in [1.29, 1.82) is 0 Å². The van der Waals surface area contributed by atoms with Crippen molar-refractivity contribution in [3.63, 3.8) is 0 Å². The standard InChI is InChI=1S/C40H45N5O5/c1-46-36-16-26-6-8-28-18-37(47-2)20-30(42-28)10-12-32-22-39(49-4)24-34(44-32)14-15-35-25-40(50-5)23-33(45-35)13-11-31-21-38(48-3)19-29(43-31)9-7-27(17-36)41-26/h16-25H,6-15H2,1-5H3. The van der Waals surface area contributed by atoms with Crippen LogP contribution in [0.25, 0.3) is 0 Å². The maximum Gasteiger partial charge on any atom is 0.122 e. The van der Waals surface area contributed by atoms with Gasteiger partial charge in [0.25, 0.3) is 0 Å². The zero-order valence-electron chi connectivity index (χ0n) is 29.6. The number of nitrogens with zero attached hydrogens (tertiary/aromatic N) is 5. The van der Waals surface area contributed by atoms with Crippen molar-refractivity contribution in [3.05, 3.63) is 118 Å². The first-order valence-electron chi connectivity index (χ1n) is 17.1. The molecular formula is C40H45N5O5. The Labute approximate surface area is 294 Å². The molecule has 0 saturated carbocycles. The highest BCUT2D eigenvalue weighted by Gasteiger charge is 2.13. The van der Waals surface area contributed by atoms with E-state index in [0.29, 0.717) is 64.2 Å². The lowest BCUT2D eigenvalue weighted by Crippen LogP contribution is -2.06. The van der Waals surface area contributed by atoms with Crippen LogP contribution >= 0.6 is 0 Å². The summed E-state index contributed by atoms with van der Waals surface area (Å²) in [5, 5.41) is 0. The van der Waals surface area contributed by atoms with Crippen LogP contribution in [0.5, 0.6) is 28.7 Å². The van der Waals surface area contributed by atoms with Crippen molar-refractivity contribution in [2.45, 2.75) is 64.2 Å². The summed E-state index contributed by atoms with van der Waals surface area (Å²) in [7, 11) is 8.45. The molecule has 0 N–H and O–H groups in total. The maximum absolute atomic E-state index is 5.67. The fraction of sp³-hybridized carbons (Fsp3) is 0.375. The van der Waals surface area contributed by atoms with Gasteiger partial charge < -0.3 is 23.7 Å². The first kappa shape index (κ1) is 34.6. The molecule has 0 saturated heterocycles. The number of aromatic nitrogens is 5. The van der Waals surface area contributed by atoms with Crippen LogP contribution in [0.1, 0.15) is 56.9 Å². The van der Waals surface area contributed by atoms with Gasteiger partial charge in [-0.3, -0.25) is 24.9 Å². The van der Waals surface area contributed by atoms with E-state index < -0.39 is 0 Å². The van der Waals surface area contributed by atoms with E-state index in [1.54, 1.807) is 35.5 Å². The maximum atomic E-state index is 5.67. The monoisotopic (exact) mass is 675 g/mol. The van der Waals surface area contributed by atoms with Gasteiger partial charge in [-0.15, -0.1) is 0 Å². The summed E-state index contributed by atoms with van der Waals surface area (Å²) >= 11 is 0. The third kappa shape index (κ3) is 9.25. The zero-order chi connectivity index (χ0) is 34.9. The summed E-state index contributed by atoms with van der Waals surface area (Å²) in [5.74, 6) is 3.94. The molecule has 0 radical (unpaired) electrons. The van der Waals surface area contributed by atoms with E-state index in [2.05, 4.69) is 0 Å². The zero-order valence-corrected chi connectivity index (χ0v) is 29.6. The van der Waals surface area contributed by atoms with Gasteiger partial charge in [0.05, 0.1) is 35.5 Å². The third-order valence-electron chi connectivity index (χ3n) is 8.89. The van der Waals surface area contributed by atoms with Crippen LogP contribution in [0.15, 0.2) is 60.7 Å². The van der Waals surface area contributed by atoms with E-state index in [4.69, 9.17) is 48.6 Å². The van der Waals surface area contributed by atoms with Crippen LogP contribution < -0.4 is 23.7 Å². The summed E-state index contributed by atoms with van der Waals surface area (Å²) in [6, 6.07) is 20.0. The molecule has 5 aromatic rings. The summed E-state index contributed by atoms with van der Waals surface area (Å²) in [4.78, 5) is 25.1. The molecule has 0 aromatic carbocycles. The molecule has 6 heterocycles. The smallest absolute Gasteiger partial charge is 0.122 e. The number of fused-ring (bicyclic) bond motifs is 10. The van der Waals surface area contributed by atoms with Crippen molar-refractivity contribution in [2.24, 2.45) is 0 Å². The molecule has 10 heteroatoms. The summed E-state index contributed by atoms with van der Waals surface area (Å²) in [6.45, 7) is 0. The molecule has 1 aliphatic rings. The van der Waals surface area contributed by atoms with Crippen molar-refractivity contribution in [1.82, 2.24) is 24.9 Å². The molecule has 0 atom stereocenters. The summed E-state index contributed by atoms with van der Waals surface area (Å²) < 4.78 is 28.4. The highest BCUT2D eigenvalue weighted by Crippen LogP contribution is 2.24. The third-order valence-corrected chi connectivity index (χ3v) is 8.89. The van der Waals surface area contributed by atoms with Crippen molar-refractivity contribution >= 4 is 0 Å². The quantitative estimate of drug-likeness (QED) is 0.222.